The molecule has 6 nitrogen and oxygen atoms in total. The maximum absolute atomic E-state index is 11.5. The van der Waals surface area contributed by atoms with Crippen molar-refractivity contribution < 1.29 is 9.53 Å². The van der Waals surface area contributed by atoms with Gasteiger partial charge in [0, 0.05) is 41.9 Å². The van der Waals surface area contributed by atoms with Gasteiger partial charge in [-0.1, -0.05) is 52.0 Å². The molecule has 0 saturated carbocycles. The third-order valence-corrected chi connectivity index (χ3v) is 6.54. The van der Waals surface area contributed by atoms with Crippen molar-refractivity contribution in [2.45, 2.75) is 56.7 Å². The second-order valence-corrected chi connectivity index (χ2v) is 10.2. The number of aryl methyl sites for hydroxylation is 1. The number of hydrogen-bond donors (Lipinski definition) is 1. The molecule has 2 heterocycles. The van der Waals surface area contributed by atoms with Gasteiger partial charge in [0.15, 0.2) is 0 Å². The Labute approximate surface area is 186 Å². The van der Waals surface area contributed by atoms with Crippen LogP contribution in [0.2, 0.25) is 0 Å². The number of carbonyl (C=O) groups is 1. The van der Waals surface area contributed by atoms with Crippen LogP contribution < -0.4 is 4.72 Å². The Morgan fingerprint density at radius 2 is 2.00 bits per heavy atom. The van der Waals surface area contributed by atoms with Gasteiger partial charge < -0.3 is 9.30 Å². The van der Waals surface area contributed by atoms with Crippen molar-refractivity contribution in [3.05, 3.63) is 53.1 Å². The number of amides is 1. The summed E-state index contributed by atoms with van der Waals surface area (Å²) < 4.78 is 10.5. The first-order valence-electron chi connectivity index (χ1n) is 9.93. The van der Waals surface area contributed by atoms with Gasteiger partial charge in [-0.15, -0.1) is 11.3 Å². The van der Waals surface area contributed by atoms with Crippen molar-refractivity contribution in [2.75, 3.05) is 7.11 Å². The molecule has 1 amide bonds. The monoisotopic (exact) mass is 444 g/mol. The van der Waals surface area contributed by atoms with Gasteiger partial charge in [0.1, 0.15) is 10.0 Å². The SMILES string of the molecule is CCCc1nc(-c2ccc(Cn3ccnc3C(C)(C)C)cc2)c(SNC(=O)OC)s1. The van der Waals surface area contributed by atoms with Crippen molar-refractivity contribution in [1.82, 2.24) is 19.3 Å². The standard InChI is InChI=1S/C22H28N4O2S2/c1-6-7-17-24-18(19(29-17)30-25-21(27)28-5)16-10-8-15(9-11-16)14-26-13-12-23-20(26)22(2,3)4/h8-13H,6-7,14H2,1-5H3,(H,25,27). The minimum atomic E-state index is -0.471. The molecule has 0 aliphatic heterocycles. The Balaban J connectivity index is 1.82. The van der Waals surface area contributed by atoms with Gasteiger partial charge >= 0.3 is 6.09 Å². The van der Waals surface area contributed by atoms with Gasteiger partial charge in [0.2, 0.25) is 0 Å². The van der Waals surface area contributed by atoms with Gasteiger partial charge in [-0.2, -0.15) is 0 Å². The smallest absolute Gasteiger partial charge is 0.417 e. The number of imidazole rings is 1. The first kappa shape index (κ1) is 22.4. The zero-order valence-corrected chi connectivity index (χ0v) is 19.7. The number of carbonyl (C=O) groups excluding carboxylic acids is 1. The van der Waals surface area contributed by atoms with Gasteiger partial charge in [0.25, 0.3) is 0 Å². The quantitative estimate of drug-likeness (QED) is 0.476. The highest BCUT2D eigenvalue weighted by atomic mass is 32.2. The Hall–Kier alpha value is -2.32. The van der Waals surface area contributed by atoms with E-state index in [4.69, 9.17) is 4.98 Å². The fourth-order valence-corrected chi connectivity index (χ4v) is 5.11. The van der Waals surface area contributed by atoms with Crippen LogP contribution in [-0.4, -0.2) is 27.7 Å². The molecule has 0 fully saturated rings. The highest BCUT2D eigenvalue weighted by Gasteiger charge is 2.20. The zero-order chi connectivity index (χ0) is 21.7. The Morgan fingerprint density at radius 3 is 2.63 bits per heavy atom. The van der Waals surface area contributed by atoms with Crippen LogP contribution in [-0.2, 0) is 23.1 Å². The third-order valence-electron chi connectivity index (χ3n) is 4.48. The molecule has 1 aromatic carbocycles. The molecule has 0 unspecified atom stereocenters. The fraction of sp³-hybridized carbons (Fsp3) is 0.409. The molecular weight excluding hydrogens is 416 g/mol. The summed E-state index contributed by atoms with van der Waals surface area (Å²) in [5.74, 6) is 1.07. The van der Waals surface area contributed by atoms with E-state index in [1.165, 1.54) is 24.6 Å². The maximum atomic E-state index is 11.5. The number of aromatic nitrogens is 3. The van der Waals surface area contributed by atoms with Crippen molar-refractivity contribution in [3.8, 4) is 11.3 Å². The minimum absolute atomic E-state index is 0.00151. The lowest BCUT2D eigenvalue weighted by Crippen LogP contribution is -2.19. The molecule has 0 atom stereocenters. The summed E-state index contributed by atoms with van der Waals surface area (Å²) in [6.07, 6.45) is 5.37. The summed E-state index contributed by atoms with van der Waals surface area (Å²) in [7, 11) is 1.36. The minimum Gasteiger partial charge on any atom is -0.452 e. The van der Waals surface area contributed by atoms with Crippen molar-refractivity contribution in [1.29, 1.82) is 0 Å². The number of methoxy groups -OCH3 is 1. The van der Waals surface area contributed by atoms with E-state index in [9.17, 15) is 4.79 Å². The largest absolute Gasteiger partial charge is 0.452 e. The molecule has 8 heteroatoms. The Bertz CT molecular complexity index is 987. The van der Waals surface area contributed by atoms with E-state index in [0.717, 1.165) is 45.7 Å². The number of hydrogen-bond acceptors (Lipinski definition) is 6. The van der Waals surface area contributed by atoms with Crippen LogP contribution >= 0.6 is 23.3 Å². The van der Waals surface area contributed by atoms with E-state index in [2.05, 4.69) is 71.0 Å². The molecule has 0 bridgehead atoms. The predicted octanol–water partition coefficient (Wildman–Crippen LogP) is 5.67. The van der Waals surface area contributed by atoms with Crippen LogP contribution in [0.15, 0.2) is 40.9 Å². The van der Waals surface area contributed by atoms with Crippen molar-refractivity contribution in [2.24, 2.45) is 0 Å². The molecule has 0 aliphatic rings. The third kappa shape index (κ3) is 5.43. The summed E-state index contributed by atoms with van der Waals surface area (Å²) in [5.41, 5.74) is 3.13. The summed E-state index contributed by atoms with van der Waals surface area (Å²) in [4.78, 5) is 20.8. The van der Waals surface area contributed by atoms with E-state index in [1.54, 1.807) is 11.3 Å². The maximum Gasteiger partial charge on any atom is 0.417 e. The summed E-state index contributed by atoms with van der Waals surface area (Å²) >= 11 is 2.87. The van der Waals surface area contributed by atoms with E-state index < -0.39 is 6.09 Å². The molecule has 160 valence electrons. The van der Waals surface area contributed by atoms with E-state index in [0.29, 0.717) is 0 Å². The summed E-state index contributed by atoms with van der Waals surface area (Å²) in [5, 5.41) is 1.07. The molecule has 0 radical (unpaired) electrons. The number of nitrogens with zero attached hydrogens (tertiary/aromatic N) is 3. The summed E-state index contributed by atoms with van der Waals surface area (Å²) in [6, 6.07) is 8.44. The molecule has 3 rings (SSSR count). The van der Waals surface area contributed by atoms with Crippen LogP contribution in [0.3, 0.4) is 0 Å². The summed E-state index contributed by atoms with van der Waals surface area (Å²) in [6.45, 7) is 9.43. The molecule has 0 spiro atoms. The molecule has 0 aliphatic carbocycles. The lowest BCUT2D eigenvalue weighted by Gasteiger charge is -2.19. The lowest BCUT2D eigenvalue weighted by atomic mass is 9.95. The highest BCUT2D eigenvalue weighted by molar-refractivity contribution is 7.99. The highest BCUT2D eigenvalue weighted by Crippen LogP contribution is 2.35. The second kappa shape index (κ2) is 9.66. The van der Waals surface area contributed by atoms with Crippen molar-refractivity contribution in [3.63, 3.8) is 0 Å². The van der Waals surface area contributed by atoms with Crippen molar-refractivity contribution >= 4 is 29.4 Å². The molecule has 30 heavy (non-hydrogen) atoms. The lowest BCUT2D eigenvalue weighted by molar-refractivity contribution is 0.178. The van der Waals surface area contributed by atoms with Crippen LogP contribution in [0.1, 0.15) is 50.5 Å². The first-order chi connectivity index (χ1) is 14.3. The van der Waals surface area contributed by atoms with Crippen LogP contribution in [0.4, 0.5) is 4.79 Å². The van der Waals surface area contributed by atoms with Crippen LogP contribution in [0, 0.1) is 0 Å². The predicted molar refractivity (Wildman–Crippen MR) is 123 cm³/mol. The fourth-order valence-electron chi connectivity index (χ4n) is 3.10. The Kier molecular flexibility index (Phi) is 7.20. The van der Waals surface area contributed by atoms with E-state index in [-0.39, 0.29) is 5.41 Å². The van der Waals surface area contributed by atoms with E-state index >= 15 is 0 Å². The number of nitrogens with one attached hydrogen (secondary N) is 1. The second-order valence-electron chi connectivity index (χ2n) is 8.02. The normalized spacial score (nSPS) is 11.5. The average Bonchev–Trinajstić information content (AvgIpc) is 3.34. The first-order valence-corrected chi connectivity index (χ1v) is 11.6. The van der Waals surface area contributed by atoms with E-state index in [1.807, 2.05) is 12.4 Å². The number of ether oxygens (including phenoxy) is 1. The molecule has 3 aromatic rings. The number of benzene rings is 1. The zero-order valence-electron chi connectivity index (χ0n) is 18.1. The van der Waals surface area contributed by atoms with Gasteiger partial charge in [-0.3, -0.25) is 4.72 Å². The molecule has 2 aromatic heterocycles. The van der Waals surface area contributed by atoms with Gasteiger partial charge in [-0.25, -0.2) is 14.8 Å². The van der Waals surface area contributed by atoms with Crippen LogP contribution in [0.25, 0.3) is 11.3 Å². The average molecular weight is 445 g/mol. The van der Waals surface area contributed by atoms with Gasteiger partial charge in [-0.05, 0) is 18.4 Å². The number of thiazole rings is 1. The topological polar surface area (TPSA) is 69.0 Å². The Morgan fingerprint density at radius 1 is 1.27 bits per heavy atom. The van der Waals surface area contributed by atoms with Gasteiger partial charge in [0.05, 0.1) is 17.8 Å². The number of rotatable bonds is 7. The van der Waals surface area contributed by atoms with Crippen LogP contribution in [0.5, 0.6) is 0 Å². The molecular formula is C22H28N4O2S2. The molecule has 1 N–H and O–H groups in total. The molecule has 0 saturated heterocycles.